The van der Waals surface area contributed by atoms with E-state index >= 15 is 0 Å². The van der Waals surface area contributed by atoms with Crippen LogP contribution < -0.4 is 10.2 Å². The molecule has 2 N–H and O–H groups in total. The van der Waals surface area contributed by atoms with Gasteiger partial charge in [-0.15, -0.1) is 0 Å². The minimum absolute atomic E-state index is 0.141. The molecular weight excluding hydrogens is 274 g/mol. The van der Waals surface area contributed by atoms with Crippen molar-refractivity contribution >= 4 is 11.5 Å². The van der Waals surface area contributed by atoms with E-state index in [-0.39, 0.29) is 6.10 Å². The number of aromatic nitrogens is 1. The zero-order chi connectivity index (χ0) is 15.4. The second-order valence-electron chi connectivity index (χ2n) is 7.02. The van der Waals surface area contributed by atoms with Crippen molar-refractivity contribution in [3.63, 3.8) is 0 Å². The zero-order valence-electron chi connectivity index (χ0n) is 13.7. The largest absolute Gasteiger partial charge is 0.393 e. The van der Waals surface area contributed by atoms with Gasteiger partial charge in [-0.2, -0.15) is 0 Å². The summed E-state index contributed by atoms with van der Waals surface area (Å²) in [5.74, 6) is 1.94. The van der Waals surface area contributed by atoms with Gasteiger partial charge in [-0.05, 0) is 44.2 Å². The van der Waals surface area contributed by atoms with Gasteiger partial charge in [-0.25, -0.2) is 4.98 Å². The Balaban J connectivity index is 1.63. The SMILES string of the molecule is CC(CC1CCCC1)Nc1cccnc1N1CCC(O)CC1. The molecule has 1 saturated heterocycles. The molecule has 4 heteroatoms. The fourth-order valence-corrected chi connectivity index (χ4v) is 3.91. The maximum absolute atomic E-state index is 9.69. The molecule has 1 aromatic rings. The average Bonchev–Trinajstić information content (AvgIpc) is 3.01. The van der Waals surface area contributed by atoms with Crippen molar-refractivity contribution in [3.8, 4) is 0 Å². The van der Waals surface area contributed by atoms with Gasteiger partial charge in [-0.1, -0.05) is 25.7 Å². The monoisotopic (exact) mass is 303 g/mol. The maximum Gasteiger partial charge on any atom is 0.151 e. The Bertz CT molecular complexity index is 465. The lowest BCUT2D eigenvalue weighted by Crippen LogP contribution is -2.37. The van der Waals surface area contributed by atoms with Crippen LogP contribution in [0.15, 0.2) is 18.3 Å². The highest BCUT2D eigenvalue weighted by Crippen LogP contribution is 2.31. The summed E-state index contributed by atoms with van der Waals surface area (Å²) in [4.78, 5) is 6.90. The van der Waals surface area contributed by atoms with Crippen molar-refractivity contribution in [2.24, 2.45) is 5.92 Å². The molecule has 2 aliphatic rings. The van der Waals surface area contributed by atoms with Gasteiger partial charge in [0.15, 0.2) is 5.82 Å². The molecule has 0 bridgehead atoms. The van der Waals surface area contributed by atoms with Gasteiger partial charge in [0.05, 0.1) is 11.8 Å². The number of aliphatic hydroxyl groups is 1. The number of anilines is 2. The topological polar surface area (TPSA) is 48.4 Å². The van der Waals surface area contributed by atoms with E-state index in [2.05, 4.69) is 28.2 Å². The fourth-order valence-electron chi connectivity index (χ4n) is 3.91. The van der Waals surface area contributed by atoms with Crippen LogP contribution in [0.25, 0.3) is 0 Å². The van der Waals surface area contributed by atoms with Crippen LogP contribution >= 0.6 is 0 Å². The van der Waals surface area contributed by atoms with Crippen molar-refractivity contribution in [1.82, 2.24) is 4.98 Å². The van der Waals surface area contributed by atoms with Gasteiger partial charge < -0.3 is 15.3 Å². The van der Waals surface area contributed by atoms with Crippen LogP contribution in [0.2, 0.25) is 0 Å². The number of rotatable bonds is 5. The third-order valence-electron chi connectivity index (χ3n) is 5.11. The lowest BCUT2D eigenvalue weighted by molar-refractivity contribution is 0.145. The van der Waals surface area contributed by atoms with Crippen LogP contribution in [0, 0.1) is 5.92 Å². The summed E-state index contributed by atoms with van der Waals surface area (Å²) in [7, 11) is 0. The van der Waals surface area contributed by atoms with Gasteiger partial charge in [-0.3, -0.25) is 0 Å². The molecular formula is C18H29N3O. The normalized spacial score (nSPS) is 22.0. The van der Waals surface area contributed by atoms with Crippen molar-refractivity contribution in [2.75, 3.05) is 23.3 Å². The molecule has 22 heavy (non-hydrogen) atoms. The Morgan fingerprint density at radius 2 is 2.00 bits per heavy atom. The molecule has 1 atom stereocenters. The minimum Gasteiger partial charge on any atom is -0.393 e. The van der Waals surface area contributed by atoms with Crippen LogP contribution in [-0.4, -0.2) is 35.3 Å². The second-order valence-corrected chi connectivity index (χ2v) is 7.02. The lowest BCUT2D eigenvalue weighted by atomic mass is 9.99. The summed E-state index contributed by atoms with van der Waals surface area (Å²) in [6.07, 6.45) is 10.3. The molecule has 1 aliphatic heterocycles. The quantitative estimate of drug-likeness (QED) is 0.875. The predicted octanol–water partition coefficient (Wildman–Crippen LogP) is 3.42. The molecule has 0 aromatic carbocycles. The molecule has 1 aliphatic carbocycles. The van der Waals surface area contributed by atoms with Gasteiger partial charge in [0.2, 0.25) is 0 Å². The molecule has 0 amide bonds. The Hall–Kier alpha value is -1.29. The van der Waals surface area contributed by atoms with E-state index in [9.17, 15) is 5.11 Å². The smallest absolute Gasteiger partial charge is 0.151 e. The van der Waals surface area contributed by atoms with Crippen LogP contribution in [0.4, 0.5) is 11.5 Å². The van der Waals surface area contributed by atoms with Crippen LogP contribution in [0.1, 0.15) is 51.9 Å². The molecule has 0 radical (unpaired) electrons. The molecule has 122 valence electrons. The number of hydrogen-bond donors (Lipinski definition) is 2. The second kappa shape index (κ2) is 7.32. The molecule has 0 spiro atoms. The van der Waals surface area contributed by atoms with Gasteiger partial charge >= 0.3 is 0 Å². The van der Waals surface area contributed by atoms with Crippen LogP contribution in [0.5, 0.6) is 0 Å². The fraction of sp³-hybridized carbons (Fsp3) is 0.722. The van der Waals surface area contributed by atoms with Crippen LogP contribution in [0.3, 0.4) is 0 Å². The number of nitrogens with one attached hydrogen (secondary N) is 1. The number of hydrogen-bond acceptors (Lipinski definition) is 4. The Kier molecular flexibility index (Phi) is 5.19. The number of pyridine rings is 1. The first-order valence-corrected chi connectivity index (χ1v) is 8.87. The van der Waals surface area contributed by atoms with Crippen LogP contribution in [-0.2, 0) is 0 Å². The van der Waals surface area contributed by atoms with E-state index in [1.54, 1.807) is 0 Å². The lowest BCUT2D eigenvalue weighted by Gasteiger charge is -2.32. The molecule has 4 nitrogen and oxygen atoms in total. The molecule has 1 saturated carbocycles. The third kappa shape index (κ3) is 3.92. The minimum atomic E-state index is -0.141. The highest BCUT2D eigenvalue weighted by Gasteiger charge is 2.22. The number of piperidine rings is 1. The highest BCUT2D eigenvalue weighted by molar-refractivity contribution is 5.65. The summed E-state index contributed by atoms with van der Waals surface area (Å²) >= 11 is 0. The van der Waals surface area contributed by atoms with Crippen molar-refractivity contribution in [2.45, 2.75) is 64.0 Å². The van der Waals surface area contributed by atoms with E-state index in [1.165, 1.54) is 32.1 Å². The third-order valence-corrected chi connectivity index (χ3v) is 5.11. The van der Waals surface area contributed by atoms with Gasteiger partial charge in [0, 0.05) is 25.3 Å². The number of nitrogens with zero attached hydrogens (tertiary/aromatic N) is 2. The highest BCUT2D eigenvalue weighted by atomic mass is 16.3. The Labute approximate surface area is 133 Å². The summed E-state index contributed by atoms with van der Waals surface area (Å²) in [5, 5.41) is 13.4. The molecule has 1 aromatic heterocycles. The standard InChI is InChI=1S/C18H29N3O/c1-14(13-15-5-2-3-6-15)20-17-7-4-10-19-18(17)21-11-8-16(22)9-12-21/h4,7,10,14-16,20,22H,2-3,5-6,8-9,11-13H2,1H3. The van der Waals surface area contributed by atoms with Gasteiger partial charge in [0.25, 0.3) is 0 Å². The molecule has 3 rings (SSSR count). The van der Waals surface area contributed by atoms with E-state index in [0.29, 0.717) is 6.04 Å². The first-order valence-electron chi connectivity index (χ1n) is 8.87. The van der Waals surface area contributed by atoms with E-state index in [0.717, 1.165) is 43.4 Å². The predicted molar refractivity (Wildman–Crippen MR) is 91.4 cm³/mol. The number of aliphatic hydroxyl groups excluding tert-OH is 1. The van der Waals surface area contributed by atoms with Crippen molar-refractivity contribution < 1.29 is 5.11 Å². The zero-order valence-corrected chi connectivity index (χ0v) is 13.7. The summed E-state index contributed by atoms with van der Waals surface area (Å²) in [5.41, 5.74) is 1.14. The van der Waals surface area contributed by atoms with Gasteiger partial charge in [0.1, 0.15) is 0 Å². The van der Waals surface area contributed by atoms with Crippen molar-refractivity contribution in [1.29, 1.82) is 0 Å². The summed E-state index contributed by atoms with van der Waals surface area (Å²) < 4.78 is 0. The summed E-state index contributed by atoms with van der Waals surface area (Å²) in [6.45, 7) is 4.07. The van der Waals surface area contributed by atoms with E-state index < -0.39 is 0 Å². The summed E-state index contributed by atoms with van der Waals surface area (Å²) in [6, 6.07) is 4.63. The molecule has 2 heterocycles. The average molecular weight is 303 g/mol. The maximum atomic E-state index is 9.69. The Morgan fingerprint density at radius 1 is 1.27 bits per heavy atom. The van der Waals surface area contributed by atoms with E-state index in [4.69, 9.17) is 0 Å². The molecule has 2 fully saturated rings. The van der Waals surface area contributed by atoms with E-state index in [1.807, 2.05) is 12.3 Å². The Morgan fingerprint density at radius 3 is 2.73 bits per heavy atom. The first-order chi connectivity index (χ1) is 10.7. The van der Waals surface area contributed by atoms with Crippen molar-refractivity contribution in [3.05, 3.63) is 18.3 Å². The first kappa shape index (κ1) is 15.6. The molecule has 1 unspecified atom stereocenters.